The van der Waals surface area contributed by atoms with E-state index in [0.29, 0.717) is 10.1 Å². The number of hydrogen-bond acceptors (Lipinski definition) is 5. The van der Waals surface area contributed by atoms with Crippen molar-refractivity contribution < 1.29 is 22.9 Å². The van der Waals surface area contributed by atoms with Gasteiger partial charge >= 0.3 is 6.18 Å². The number of nitro groups is 1. The molecule has 0 fully saturated rings. The minimum absolute atomic E-state index is 0.0314. The monoisotopic (exact) mass is 539 g/mol. The fourth-order valence-corrected chi connectivity index (χ4v) is 3.45. The molecule has 4 rings (SSSR count). The van der Waals surface area contributed by atoms with Crippen molar-refractivity contribution in [1.82, 2.24) is 14.6 Å². The van der Waals surface area contributed by atoms with E-state index in [1.807, 2.05) is 0 Å². The summed E-state index contributed by atoms with van der Waals surface area (Å²) < 4.78 is 42.4. The SMILES string of the molecule is O=C(Nc1ccc([N+](=O)[O-])cc1Cl)c1cc2nc(-c3ccc(Br)cc3)cc(C(F)(F)F)n2n1. The van der Waals surface area contributed by atoms with Gasteiger partial charge in [-0.25, -0.2) is 9.50 Å². The number of alkyl halides is 3. The zero-order valence-electron chi connectivity index (χ0n) is 16.1. The van der Waals surface area contributed by atoms with Gasteiger partial charge in [0.1, 0.15) is 0 Å². The van der Waals surface area contributed by atoms with E-state index in [2.05, 4.69) is 31.3 Å². The van der Waals surface area contributed by atoms with Crippen molar-refractivity contribution in [3.63, 3.8) is 0 Å². The summed E-state index contributed by atoms with van der Waals surface area (Å²) in [5, 5.41) is 16.8. The van der Waals surface area contributed by atoms with Gasteiger partial charge in [-0.05, 0) is 24.3 Å². The van der Waals surface area contributed by atoms with Crippen molar-refractivity contribution in [3.8, 4) is 11.3 Å². The lowest BCUT2D eigenvalue weighted by atomic mass is 10.1. The molecule has 0 aliphatic rings. The van der Waals surface area contributed by atoms with Crippen molar-refractivity contribution >= 4 is 50.5 Å². The molecule has 0 spiro atoms. The number of nitro benzene ring substituents is 1. The van der Waals surface area contributed by atoms with Crippen LogP contribution in [-0.2, 0) is 6.18 Å². The lowest BCUT2D eigenvalue weighted by molar-refractivity contribution is -0.384. The van der Waals surface area contributed by atoms with E-state index >= 15 is 0 Å². The summed E-state index contributed by atoms with van der Waals surface area (Å²) in [5.74, 6) is -0.866. The molecule has 0 bridgehead atoms. The van der Waals surface area contributed by atoms with E-state index in [4.69, 9.17) is 11.6 Å². The summed E-state index contributed by atoms with van der Waals surface area (Å²) in [5.41, 5.74) is -1.42. The van der Waals surface area contributed by atoms with Crippen LogP contribution in [0.15, 0.2) is 59.1 Å². The number of halogens is 5. The third-order valence-electron chi connectivity index (χ3n) is 4.50. The van der Waals surface area contributed by atoms with Crippen LogP contribution in [-0.4, -0.2) is 25.4 Å². The molecule has 13 heteroatoms. The van der Waals surface area contributed by atoms with Crippen molar-refractivity contribution in [3.05, 3.63) is 85.6 Å². The zero-order chi connectivity index (χ0) is 23.9. The van der Waals surface area contributed by atoms with Crippen molar-refractivity contribution in [1.29, 1.82) is 0 Å². The topological polar surface area (TPSA) is 102 Å². The first-order valence-electron chi connectivity index (χ1n) is 9.02. The van der Waals surface area contributed by atoms with Crippen LogP contribution in [0.4, 0.5) is 24.5 Å². The molecule has 33 heavy (non-hydrogen) atoms. The molecule has 168 valence electrons. The van der Waals surface area contributed by atoms with Gasteiger partial charge in [-0.2, -0.15) is 18.3 Å². The minimum atomic E-state index is -4.77. The number of amides is 1. The number of fused-ring (bicyclic) bond motifs is 1. The number of hydrogen-bond donors (Lipinski definition) is 1. The number of rotatable bonds is 4. The van der Waals surface area contributed by atoms with Gasteiger partial charge in [0.2, 0.25) is 0 Å². The Labute approximate surface area is 196 Å². The van der Waals surface area contributed by atoms with E-state index in [1.165, 1.54) is 6.07 Å². The highest BCUT2D eigenvalue weighted by Gasteiger charge is 2.35. The molecule has 2 aromatic heterocycles. The summed E-state index contributed by atoms with van der Waals surface area (Å²) in [6.07, 6.45) is -4.77. The molecule has 0 saturated heterocycles. The Balaban J connectivity index is 1.74. The van der Waals surface area contributed by atoms with Gasteiger partial charge in [0.25, 0.3) is 11.6 Å². The fourth-order valence-electron chi connectivity index (χ4n) is 2.96. The first-order valence-corrected chi connectivity index (χ1v) is 10.2. The summed E-state index contributed by atoms with van der Waals surface area (Å²) in [6.45, 7) is 0. The van der Waals surface area contributed by atoms with Crippen LogP contribution in [0.1, 0.15) is 16.2 Å². The van der Waals surface area contributed by atoms with Crippen LogP contribution >= 0.6 is 27.5 Å². The van der Waals surface area contributed by atoms with Crippen molar-refractivity contribution in [2.24, 2.45) is 0 Å². The molecule has 4 aromatic rings. The van der Waals surface area contributed by atoms with E-state index < -0.39 is 22.7 Å². The van der Waals surface area contributed by atoms with Gasteiger partial charge in [0.15, 0.2) is 17.0 Å². The van der Waals surface area contributed by atoms with Crippen LogP contribution in [0.25, 0.3) is 16.9 Å². The molecule has 2 aromatic carbocycles. The van der Waals surface area contributed by atoms with Crippen LogP contribution < -0.4 is 5.32 Å². The Morgan fingerprint density at radius 2 is 1.82 bits per heavy atom. The first kappa shape index (κ1) is 22.7. The smallest absolute Gasteiger partial charge is 0.319 e. The number of nitrogens with zero attached hydrogens (tertiary/aromatic N) is 4. The van der Waals surface area contributed by atoms with E-state index in [1.54, 1.807) is 24.3 Å². The zero-order valence-corrected chi connectivity index (χ0v) is 18.4. The van der Waals surface area contributed by atoms with Crippen LogP contribution in [0.2, 0.25) is 5.02 Å². The van der Waals surface area contributed by atoms with Gasteiger partial charge in [-0.15, -0.1) is 0 Å². The number of anilines is 1. The average molecular weight is 541 g/mol. The number of aromatic nitrogens is 3. The van der Waals surface area contributed by atoms with Gasteiger partial charge in [0, 0.05) is 28.2 Å². The third kappa shape index (κ3) is 4.66. The summed E-state index contributed by atoms with van der Waals surface area (Å²) >= 11 is 9.22. The Hall–Kier alpha value is -3.51. The Kier molecular flexibility index (Phi) is 5.80. The summed E-state index contributed by atoms with van der Waals surface area (Å²) in [6, 6.07) is 11.8. The van der Waals surface area contributed by atoms with Crippen molar-refractivity contribution in [2.75, 3.05) is 5.32 Å². The molecule has 1 N–H and O–H groups in total. The molecule has 0 aliphatic heterocycles. The van der Waals surface area contributed by atoms with Gasteiger partial charge in [-0.3, -0.25) is 14.9 Å². The lowest BCUT2D eigenvalue weighted by Gasteiger charge is -2.11. The number of carbonyl (C=O) groups is 1. The van der Waals surface area contributed by atoms with Crippen LogP contribution in [0.3, 0.4) is 0 Å². The van der Waals surface area contributed by atoms with Gasteiger partial charge in [-0.1, -0.05) is 39.7 Å². The molecule has 8 nitrogen and oxygen atoms in total. The lowest BCUT2D eigenvalue weighted by Crippen LogP contribution is -2.16. The fraction of sp³-hybridized carbons (Fsp3) is 0.0500. The predicted octanol–water partition coefficient (Wildman–Crippen LogP) is 5.99. The van der Waals surface area contributed by atoms with Crippen molar-refractivity contribution in [2.45, 2.75) is 6.18 Å². The summed E-state index contributed by atoms with van der Waals surface area (Å²) in [7, 11) is 0. The normalized spacial score (nSPS) is 11.5. The van der Waals surface area contributed by atoms with Gasteiger partial charge in [0.05, 0.1) is 21.3 Å². The second-order valence-corrected chi connectivity index (χ2v) is 8.03. The Morgan fingerprint density at radius 1 is 1.12 bits per heavy atom. The molecular formula is C20H10BrClF3N5O3. The molecule has 0 saturated carbocycles. The number of non-ortho nitro benzene ring substituents is 1. The number of nitrogens with one attached hydrogen (secondary N) is 1. The standard InChI is InChI=1S/C20H10BrClF3N5O3/c21-11-3-1-10(2-4-11)15-8-17(20(23,24)25)29-18(26-15)9-16(28-29)19(31)27-14-6-5-12(30(32)33)7-13(14)22/h1-9H,(H,27,31). The highest BCUT2D eigenvalue weighted by atomic mass is 79.9. The van der Waals surface area contributed by atoms with Gasteiger partial charge < -0.3 is 5.32 Å². The van der Waals surface area contributed by atoms with E-state index in [-0.39, 0.29) is 33.4 Å². The molecule has 1 amide bonds. The number of benzene rings is 2. The third-order valence-corrected chi connectivity index (χ3v) is 5.34. The first-order chi connectivity index (χ1) is 15.5. The molecular weight excluding hydrogens is 531 g/mol. The second-order valence-electron chi connectivity index (χ2n) is 6.71. The number of carbonyl (C=O) groups excluding carboxylic acids is 1. The van der Waals surface area contributed by atoms with E-state index in [9.17, 15) is 28.1 Å². The Bertz CT molecular complexity index is 1410. The maximum Gasteiger partial charge on any atom is 0.433 e. The molecule has 2 heterocycles. The quantitative estimate of drug-likeness (QED) is 0.253. The maximum absolute atomic E-state index is 13.7. The minimum Gasteiger partial charge on any atom is -0.319 e. The van der Waals surface area contributed by atoms with Crippen LogP contribution in [0.5, 0.6) is 0 Å². The van der Waals surface area contributed by atoms with E-state index in [0.717, 1.165) is 28.7 Å². The molecule has 0 aliphatic carbocycles. The molecule has 0 atom stereocenters. The second kappa shape index (κ2) is 8.45. The molecule has 0 radical (unpaired) electrons. The average Bonchev–Trinajstić information content (AvgIpc) is 3.18. The summed E-state index contributed by atoms with van der Waals surface area (Å²) in [4.78, 5) is 27.0. The Morgan fingerprint density at radius 3 is 2.42 bits per heavy atom. The molecule has 0 unspecified atom stereocenters. The highest BCUT2D eigenvalue weighted by molar-refractivity contribution is 9.10. The highest BCUT2D eigenvalue weighted by Crippen LogP contribution is 2.33. The maximum atomic E-state index is 13.7. The predicted molar refractivity (Wildman–Crippen MR) is 117 cm³/mol. The van der Waals surface area contributed by atoms with Crippen LogP contribution in [0, 0.1) is 10.1 Å². The largest absolute Gasteiger partial charge is 0.433 e.